The van der Waals surface area contributed by atoms with E-state index in [9.17, 15) is 4.79 Å². The molecule has 5 heteroatoms. The van der Waals surface area contributed by atoms with Crippen molar-refractivity contribution in [1.29, 1.82) is 0 Å². The van der Waals surface area contributed by atoms with Crippen molar-refractivity contribution in [3.63, 3.8) is 0 Å². The second kappa shape index (κ2) is 6.25. The molecule has 0 aliphatic carbocycles. The van der Waals surface area contributed by atoms with Crippen molar-refractivity contribution < 1.29 is 9.90 Å². The van der Waals surface area contributed by atoms with Gasteiger partial charge in [0.2, 0.25) is 0 Å². The van der Waals surface area contributed by atoms with Crippen LogP contribution in [-0.4, -0.2) is 11.1 Å². The normalized spacial score (nSPS) is 12.6. The van der Waals surface area contributed by atoms with E-state index in [1.165, 1.54) is 5.56 Å². The number of aliphatic carboxylic acids is 1. The molecule has 102 valence electrons. The lowest BCUT2D eigenvalue weighted by Crippen LogP contribution is -2.11. The SMILES string of the molecule is CC(C)(C)c1ccc(C(CCC(=O)O)N=[N+]=[N-])cc1. The summed E-state index contributed by atoms with van der Waals surface area (Å²) in [7, 11) is 0. The third-order valence-electron chi connectivity index (χ3n) is 2.98. The van der Waals surface area contributed by atoms with E-state index in [2.05, 4.69) is 30.8 Å². The van der Waals surface area contributed by atoms with Gasteiger partial charge in [0.1, 0.15) is 0 Å². The fraction of sp³-hybridized carbons (Fsp3) is 0.500. The van der Waals surface area contributed by atoms with Crippen LogP contribution in [0.15, 0.2) is 29.4 Å². The summed E-state index contributed by atoms with van der Waals surface area (Å²) in [6.45, 7) is 6.37. The Hall–Kier alpha value is -2.00. The Labute approximate surface area is 112 Å². The molecule has 1 aromatic carbocycles. The monoisotopic (exact) mass is 261 g/mol. The second-order valence-electron chi connectivity index (χ2n) is 5.53. The van der Waals surface area contributed by atoms with Crippen LogP contribution in [0.25, 0.3) is 10.4 Å². The molecule has 1 N–H and O–H groups in total. The first-order chi connectivity index (χ1) is 8.84. The molecule has 0 saturated heterocycles. The van der Waals surface area contributed by atoms with Crippen LogP contribution in [0.2, 0.25) is 0 Å². The molecule has 0 saturated carbocycles. The highest BCUT2D eigenvalue weighted by atomic mass is 16.4. The van der Waals surface area contributed by atoms with Crippen LogP contribution >= 0.6 is 0 Å². The van der Waals surface area contributed by atoms with E-state index >= 15 is 0 Å². The standard InChI is InChI=1S/C14H19N3O2/c1-14(2,3)11-6-4-10(5-7-11)12(16-17-15)8-9-13(18)19/h4-7,12H,8-9H2,1-3H3,(H,18,19). The summed E-state index contributed by atoms with van der Waals surface area (Å²) in [6.07, 6.45) is 0.305. The Morgan fingerprint density at radius 2 is 1.95 bits per heavy atom. The predicted molar refractivity (Wildman–Crippen MR) is 73.9 cm³/mol. The third kappa shape index (κ3) is 4.64. The third-order valence-corrected chi connectivity index (χ3v) is 2.98. The quantitative estimate of drug-likeness (QED) is 0.489. The summed E-state index contributed by atoms with van der Waals surface area (Å²) in [5.41, 5.74) is 10.7. The average molecular weight is 261 g/mol. The lowest BCUT2D eigenvalue weighted by Gasteiger charge is -2.20. The minimum Gasteiger partial charge on any atom is -0.481 e. The molecule has 0 radical (unpaired) electrons. The molecule has 0 aromatic heterocycles. The molecule has 1 rings (SSSR count). The Morgan fingerprint density at radius 1 is 1.37 bits per heavy atom. The Kier molecular flexibility index (Phi) is 4.95. The molecule has 0 bridgehead atoms. The van der Waals surface area contributed by atoms with Crippen LogP contribution in [0, 0.1) is 0 Å². The highest BCUT2D eigenvalue weighted by molar-refractivity contribution is 5.66. The number of benzene rings is 1. The van der Waals surface area contributed by atoms with E-state index in [0.29, 0.717) is 6.42 Å². The van der Waals surface area contributed by atoms with Gasteiger partial charge in [0, 0.05) is 11.3 Å². The highest BCUT2D eigenvalue weighted by Gasteiger charge is 2.15. The number of carboxylic acids is 1. The van der Waals surface area contributed by atoms with Crippen molar-refractivity contribution in [3.8, 4) is 0 Å². The fourth-order valence-corrected chi connectivity index (χ4v) is 1.82. The molecular formula is C14H19N3O2. The maximum atomic E-state index is 10.6. The first-order valence-electron chi connectivity index (χ1n) is 6.21. The van der Waals surface area contributed by atoms with Crippen LogP contribution in [0.5, 0.6) is 0 Å². The van der Waals surface area contributed by atoms with E-state index in [0.717, 1.165) is 5.56 Å². The van der Waals surface area contributed by atoms with Crippen molar-refractivity contribution >= 4 is 5.97 Å². The summed E-state index contributed by atoms with van der Waals surface area (Å²) < 4.78 is 0. The number of carboxylic acid groups (broad SMARTS) is 1. The van der Waals surface area contributed by atoms with Crippen molar-refractivity contribution in [1.82, 2.24) is 0 Å². The van der Waals surface area contributed by atoms with Gasteiger partial charge in [0.25, 0.3) is 0 Å². The molecule has 0 spiro atoms. The van der Waals surface area contributed by atoms with Crippen molar-refractivity contribution in [3.05, 3.63) is 45.8 Å². The molecule has 1 aromatic rings. The summed E-state index contributed by atoms with van der Waals surface area (Å²) in [4.78, 5) is 13.4. The molecule has 0 fully saturated rings. The average Bonchev–Trinajstić information content (AvgIpc) is 2.33. The molecule has 1 unspecified atom stereocenters. The van der Waals surface area contributed by atoms with Crippen molar-refractivity contribution in [2.75, 3.05) is 0 Å². The number of carbonyl (C=O) groups is 1. The number of hydrogen-bond acceptors (Lipinski definition) is 2. The maximum Gasteiger partial charge on any atom is 0.303 e. The summed E-state index contributed by atoms with van der Waals surface area (Å²) in [5, 5.41) is 12.4. The Bertz CT molecular complexity index is 482. The first kappa shape index (κ1) is 15.1. The van der Waals surface area contributed by atoms with Crippen LogP contribution in [-0.2, 0) is 10.2 Å². The molecule has 19 heavy (non-hydrogen) atoms. The van der Waals surface area contributed by atoms with Gasteiger partial charge >= 0.3 is 5.97 Å². The molecular weight excluding hydrogens is 242 g/mol. The fourth-order valence-electron chi connectivity index (χ4n) is 1.82. The molecule has 0 amide bonds. The van der Waals surface area contributed by atoms with Gasteiger partial charge in [0.15, 0.2) is 0 Å². The number of hydrogen-bond donors (Lipinski definition) is 1. The van der Waals surface area contributed by atoms with Crippen molar-refractivity contribution in [2.24, 2.45) is 5.11 Å². The number of azide groups is 1. The van der Waals surface area contributed by atoms with Crippen LogP contribution < -0.4 is 0 Å². The van der Waals surface area contributed by atoms with Gasteiger partial charge < -0.3 is 5.11 Å². The van der Waals surface area contributed by atoms with Crippen LogP contribution in [0.1, 0.15) is 50.8 Å². The summed E-state index contributed by atoms with van der Waals surface area (Å²) in [5.74, 6) is -0.885. The van der Waals surface area contributed by atoms with Gasteiger partial charge in [-0.05, 0) is 28.5 Å². The van der Waals surface area contributed by atoms with E-state index in [1.807, 2.05) is 24.3 Å². The van der Waals surface area contributed by atoms with E-state index in [1.54, 1.807) is 0 Å². The van der Waals surface area contributed by atoms with Crippen LogP contribution in [0.4, 0.5) is 0 Å². The zero-order valence-corrected chi connectivity index (χ0v) is 11.5. The van der Waals surface area contributed by atoms with Crippen LogP contribution in [0.3, 0.4) is 0 Å². The summed E-state index contributed by atoms with van der Waals surface area (Å²) >= 11 is 0. The van der Waals surface area contributed by atoms with Gasteiger partial charge in [-0.1, -0.05) is 50.2 Å². The lowest BCUT2D eigenvalue weighted by atomic mass is 9.86. The second-order valence-corrected chi connectivity index (χ2v) is 5.53. The Balaban J connectivity index is 2.91. The molecule has 1 atom stereocenters. The zero-order valence-electron chi connectivity index (χ0n) is 11.5. The van der Waals surface area contributed by atoms with Crippen molar-refractivity contribution in [2.45, 2.75) is 45.1 Å². The van der Waals surface area contributed by atoms with E-state index < -0.39 is 12.0 Å². The topological polar surface area (TPSA) is 86.1 Å². The van der Waals surface area contributed by atoms with E-state index in [-0.39, 0.29) is 11.8 Å². The predicted octanol–water partition coefficient (Wildman–Crippen LogP) is 4.20. The van der Waals surface area contributed by atoms with Gasteiger partial charge in [-0.25, -0.2) is 0 Å². The maximum absolute atomic E-state index is 10.6. The molecule has 0 aliphatic heterocycles. The number of rotatable bonds is 5. The first-order valence-corrected chi connectivity index (χ1v) is 6.21. The largest absolute Gasteiger partial charge is 0.481 e. The van der Waals surface area contributed by atoms with Gasteiger partial charge in [0.05, 0.1) is 6.04 Å². The molecule has 5 nitrogen and oxygen atoms in total. The minimum absolute atomic E-state index is 0.00922. The number of nitrogens with zero attached hydrogens (tertiary/aromatic N) is 3. The van der Waals surface area contributed by atoms with Gasteiger partial charge in [-0.15, -0.1) is 0 Å². The smallest absolute Gasteiger partial charge is 0.303 e. The lowest BCUT2D eigenvalue weighted by molar-refractivity contribution is -0.137. The Morgan fingerprint density at radius 3 is 2.37 bits per heavy atom. The summed E-state index contributed by atoms with van der Waals surface area (Å²) in [6, 6.07) is 7.38. The minimum atomic E-state index is -0.885. The van der Waals surface area contributed by atoms with Gasteiger partial charge in [-0.3, -0.25) is 4.79 Å². The van der Waals surface area contributed by atoms with E-state index in [4.69, 9.17) is 10.6 Å². The van der Waals surface area contributed by atoms with Gasteiger partial charge in [-0.2, -0.15) is 0 Å². The molecule has 0 heterocycles. The zero-order chi connectivity index (χ0) is 14.5. The molecule has 0 aliphatic rings. The highest BCUT2D eigenvalue weighted by Crippen LogP contribution is 2.27.